The third-order valence-electron chi connectivity index (χ3n) is 3.64. The molecule has 0 aliphatic rings. The first kappa shape index (κ1) is 15.6. The van der Waals surface area contributed by atoms with Gasteiger partial charge in [-0.3, -0.25) is 4.79 Å². The van der Waals surface area contributed by atoms with Crippen LogP contribution in [-0.2, 0) is 0 Å². The smallest absolute Gasteiger partial charge is 0.251 e. The van der Waals surface area contributed by atoms with Gasteiger partial charge in [-0.25, -0.2) is 4.68 Å². The van der Waals surface area contributed by atoms with Crippen molar-refractivity contribution in [2.45, 2.75) is 32.7 Å². The van der Waals surface area contributed by atoms with E-state index in [9.17, 15) is 4.79 Å². The molecule has 114 valence electrons. The lowest BCUT2D eigenvalue weighted by Gasteiger charge is -2.24. The number of aromatic nitrogens is 2. The Kier molecular flexibility index (Phi) is 4.18. The summed E-state index contributed by atoms with van der Waals surface area (Å²) in [4.78, 5) is 12.2. The molecule has 0 aliphatic heterocycles. The molecule has 0 fully saturated rings. The largest absolute Gasteiger partial charge is 0.382 e. The number of nitrogen functional groups attached to an aromatic ring is 1. The molecule has 2 rings (SSSR count). The maximum atomic E-state index is 12.2. The van der Waals surface area contributed by atoms with E-state index in [1.165, 1.54) is 10.9 Å². The van der Waals surface area contributed by atoms with Crippen molar-refractivity contribution in [1.29, 1.82) is 5.26 Å². The molecule has 22 heavy (non-hydrogen) atoms. The van der Waals surface area contributed by atoms with Crippen molar-refractivity contribution in [3.05, 3.63) is 41.6 Å². The molecule has 0 unspecified atom stereocenters. The standard InChI is InChI=1S/C16H19N5O/c1-4-16(2,3)20-15(22)11-5-7-13(8-6-11)21-14(18)12(9-17)10-19-21/h5-8,10H,4,18H2,1-3H3,(H,20,22). The van der Waals surface area contributed by atoms with Crippen molar-refractivity contribution >= 4 is 11.7 Å². The van der Waals surface area contributed by atoms with Crippen LogP contribution in [0, 0.1) is 11.3 Å². The first-order chi connectivity index (χ1) is 10.4. The summed E-state index contributed by atoms with van der Waals surface area (Å²) in [6.07, 6.45) is 2.26. The fourth-order valence-corrected chi connectivity index (χ4v) is 1.87. The molecule has 6 heteroatoms. The van der Waals surface area contributed by atoms with Gasteiger partial charge in [0.05, 0.1) is 11.9 Å². The lowest BCUT2D eigenvalue weighted by Crippen LogP contribution is -2.42. The molecular weight excluding hydrogens is 278 g/mol. The molecule has 0 saturated carbocycles. The maximum absolute atomic E-state index is 12.2. The SMILES string of the molecule is CCC(C)(C)NC(=O)c1ccc(-n2ncc(C#N)c2N)cc1. The molecular formula is C16H19N5O. The maximum Gasteiger partial charge on any atom is 0.251 e. The monoisotopic (exact) mass is 297 g/mol. The quantitative estimate of drug-likeness (QED) is 0.904. The van der Waals surface area contributed by atoms with Crippen LogP contribution in [0.1, 0.15) is 43.1 Å². The Morgan fingerprint density at radius 3 is 2.55 bits per heavy atom. The van der Waals surface area contributed by atoms with E-state index >= 15 is 0 Å². The summed E-state index contributed by atoms with van der Waals surface area (Å²) in [5.41, 5.74) is 7.19. The van der Waals surface area contributed by atoms with Crippen LogP contribution in [0.4, 0.5) is 5.82 Å². The van der Waals surface area contributed by atoms with Crippen molar-refractivity contribution in [2.75, 3.05) is 5.73 Å². The fourth-order valence-electron chi connectivity index (χ4n) is 1.87. The summed E-state index contributed by atoms with van der Waals surface area (Å²) < 4.78 is 1.47. The van der Waals surface area contributed by atoms with Gasteiger partial charge in [0.25, 0.3) is 5.91 Å². The normalized spacial score (nSPS) is 11.0. The average Bonchev–Trinajstić information content (AvgIpc) is 2.88. The number of carbonyl (C=O) groups excluding carboxylic acids is 1. The van der Waals surface area contributed by atoms with Gasteiger partial charge in [0.15, 0.2) is 0 Å². The second-order valence-corrected chi connectivity index (χ2v) is 5.71. The van der Waals surface area contributed by atoms with Crippen molar-refractivity contribution in [1.82, 2.24) is 15.1 Å². The second kappa shape index (κ2) is 5.90. The zero-order chi connectivity index (χ0) is 16.3. The molecule has 1 aromatic carbocycles. The molecule has 0 saturated heterocycles. The van der Waals surface area contributed by atoms with Crippen LogP contribution < -0.4 is 11.1 Å². The Labute approximate surface area is 129 Å². The van der Waals surface area contributed by atoms with Crippen LogP contribution >= 0.6 is 0 Å². The van der Waals surface area contributed by atoms with Gasteiger partial charge in [-0.2, -0.15) is 10.4 Å². The Balaban J connectivity index is 2.22. The van der Waals surface area contributed by atoms with Crippen molar-refractivity contribution in [3.8, 4) is 11.8 Å². The summed E-state index contributed by atoms with van der Waals surface area (Å²) in [6.45, 7) is 5.98. The number of nitrogens with one attached hydrogen (secondary N) is 1. The van der Waals surface area contributed by atoms with Crippen LogP contribution in [0.15, 0.2) is 30.5 Å². The van der Waals surface area contributed by atoms with E-state index in [0.29, 0.717) is 16.8 Å². The van der Waals surface area contributed by atoms with Gasteiger partial charge < -0.3 is 11.1 Å². The number of anilines is 1. The van der Waals surface area contributed by atoms with E-state index in [0.717, 1.165) is 6.42 Å². The van der Waals surface area contributed by atoms with Crippen molar-refractivity contribution in [3.63, 3.8) is 0 Å². The molecule has 3 N–H and O–H groups in total. The predicted molar refractivity (Wildman–Crippen MR) is 84.5 cm³/mol. The number of rotatable bonds is 4. The molecule has 1 aromatic heterocycles. The summed E-state index contributed by atoms with van der Waals surface area (Å²) in [6, 6.07) is 8.90. The number of nitrogens with two attached hydrogens (primary N) is 1. The van der Waals surface area contributed by atoms with Gasteiger partial charge in [-0.05, 0) is 44.5 Å². The van der Waals surface area contributed by atoms with Crippen LogP contribution in [0.5, 0.6) is 0 Å². The van der Waals surface area contributed by atoms with Gasteiger partial charge in [-0.15, -0.1) is 0 Å². The molecule has 0 atom stereocenters. The molecule has 1 heterocycles. The molecule has 0 bridgehead atoms. The van der Waals surface area contributed by atoms with Gasteiger partial charge in [0.1, 0.15) is 17.5 Å². The fraction of sp³-hybridized carbons (Fsp3) is 0.312. The highest BCUT2D eigenvalue weighted by atomic mass is 16.1. The number of benzene rings is 1. The third kappa shape index (κ3) is 3.09. The highest BCUT2D eigenvalue weighted by Crippen LogP contribution is 2.17. The first-order valence-electron chi connectivity index (χ1n) is 7.04. The van der Waals surface area contributed by atoms with Crippen molar-refractivity contribution < 1.29 is 4.79 Å². The highest BCUT2D eigenvalue weighted by molar-refractivity contribution is 5.94. The molecule has 1 amide bonds. The van der Waals surface area contributed by atoms with Gasteiger partial charge in [0, 0.05) is 11.1 Å². The molecule has 2 aromatic rings. The van der Waals surface area contributed by atoms with E-state index in [2.05, 4.69) is 10.4 Å². The highest BCUT2D eigenvalue weighted by Gasteiger charge is 2.18. The number of nitrogens with zero attached hydrogens (tertiary/aromatic N) is 3. The summed E-state index contributed by atoms with van der Waals surface area (Å²) in [5.74, 6) is 0.163. The van der Waals surface area contributed by atoms with Crippen LogP contribution in [-0.4, -0.2) is 21.2 Å². The Morgan fingerprint density at radius 2 is 2.05 bits per heavy atom. The number of amides is 1. The number of hydrogen-bond acceptors (Lipinski definition) is 4. The van der Waals surface area contributed by atoms with E-state index < -0.39 is 0 Å². The zero-order valence-corrected chi connectivity index (χ0v) is 12.9. The molecule has 0 aliphatic carbocycles. The van der Waals surface area contributed by atoms with Crippen LogP contribution in [0.25, 0.3) is 5.69 Å². The Morgan fingerprint density at radius 1 is 1.41 bits per heavy atom. The Bertz CT molecular complexity index is 722. The number of nitriles is 1. The summed E-state index contributed by atoms with van der Waals surface area (Å²) in [5, 5.41) is 15.9. The lowest BCUT2D eigenvalue weighted by atomic mass is 10.0. The van der Waals surface area contributed by atoms with Gasteiger partial charge in [0.2, 0.25) is 0 Å². The van der Waals surface area contributed by atoms with Gasteiger partial charge >= 0.3 is 0 Å². The van der Waals surface area contributed by atoms with Crippen molar-refractivity contribution in [2.24, 2.45) is 0 Å². The number of carbonyl (C=O) groups is 1. The van der Waals surface area contributed by atoms with Crippen LogP contribution in [0.2, 0.25) is 0 Å². The van der Waals surface area contributed by atoms with E-state index in [1.807, 2.05) is 26.8 Å². The Hall–Kier alpha value is -2.81. The van der Waals surface area contributed by atoms with E-state index in [4.69, 9.17) is 11.0 Å². The van der Waals surface area contributed by atoms with Crippen LogP contribution in [0.3, 0.4) is 0 Å². The first-order valence-corrected chi connectivity index (χ1v) is 7.04. The van der Waals surface area contributed by atoms with E-state index in [-0.39, 0.29) is 17.3 Å². The average molecular weight is 297 g/mol. The zero-order valence-electron chi connectivity index (χ0n) is 12.9. The molecule has 0 spiro atoms. The minimum Gasteiger partial charge on any atom is -0.382 e. The lowest BCUT2D eigenvalue weighted by molar-refractivity contribution is 0.0911. The number of hydrogen-bond donors (Lipinski definition) is 2. The second-order valence-electron chi connectivity index (χ2n) is 5.71. The minimum absolute atomic E-state index is 0.121. The topological polar surface area (TPSA) is 96.7 Å². The minimum atomic E-state index is -0.246. The molecule has 6 nitrogen and oxygen atoms in total. The summed E-state index contributed by atoms with van der Waals surface area (Å²) in [7, 11) is 0. The third-order valence-corrected chi connectivity index (χ3v) is 3.64. The van der Waals surface area contributed by atoms with Gasteiger partial charge in [-0.1, -0.05) is 6.92 Å². The predicted octanol–water partition coefficient (Wildman–Crippen LogP) is 2.24. The molecule has 0 radical (unpaired) electrons. The summed E-state index contributed by atoms with van der Waals surface area (Å²) >= 11 is 0. The van der Waals surface area contributed by atoms with E-state index in [1.54, 1.807) is 24.3 Å².